The van der Waals surface area contributed by atoms with Crippen LogP contribution in [0.4, 0.5) is 19.0 Å². The molecule has 0 aliphatic carbocycles. The third kappa shape index (κ3) is 3.65. The van der Waals surface area contributed by atoms with Crippen LogP contribution in [-0.2, 0) is 30.7 Å². The van der Waals surface area contributed by atoms with E-state index in [2.05, 4.69) is 15.0 Å². The number of carbonyl (C=O) groups is 1. The van der Waals surface area contributed by atoms with Gasteiger partial charge in [-0.3, -0.25) is 9.78 Å². The van der Waals surface area contributed by atoms with E-state index in [1.54, 1.807) is 13.0 Å². The number of nitrogen functional groups attached to an aromatic ring is 1. The average Bonchev–Trinajstić information content (AvgIpc) is 3.22. The first kappa shape index (κ1) is 20.0. The number of nitrogens with two attached hydrogens (primary N) is 1. The Hall–Kier alpha value is -3.27. The van der Waals surface area contributed by atoms with E-state index in [4.69, 9.17) is 10.5 Å². The number of nitrogens with zero attached hydrogens (tertiary/aromatic N) is 4. The molecule has 10 heteroatoms. The fourth-order valence-corrected chi connectivity index (χ4v) is 3.36. The molecular weight excluding hydrogens is 399 g/mol. The largest absolute Gasteiger partial charge is 0.417 e. The fraction of sp³-hybridized carbons (Fsp3) is 0.300. The molecule has 0 spiro atoms. The molecule has 156 valence electrons. The molecule has 3 aromatic heterocycles. The number of pyridine rings is 3. The summed E-state index contributed by atoms with van der Waals surface area (Å²) >= 11 is 0. The summed E-state index contributed by atoms with van der Waals surface area (Å²) in [7, 11) is 0. The molecule has 4 rings (SSSR count). The smallest absolute Gasteiger partial charge is 0.383 e. The van der Waals surface area contributed by atoms with Crippen LogP contribution < -0.4 is 5.73 Å². The lowest BCUT2D eigenvalue weighted by molar-refractivity contribution is -0.137. The Bertz CT molecular complexity index is 1120. The van der Waals surface area contributed by atoms with Crippen LogP contribution in [-0.4, -0.2) is 32.3 Å². The van der Waals surface area contributed by atoms with Gasteiger partial charge in [-0.05, 0) is 30.7 Å². The maximum absolute atomic E-state index is 13.0. The number of hydrogen-bond donors (Lipinski definition) is 1. The Morgan fingerprint density at radius 3 is 2.63 bits per heavy atom. The van der Waals surface area contributed by atoms with Crippen LogP contribution in [0, 0.1) is 0 Å². The molecule has 0 atom stereocenters. The van der Waals surface area contributed by atoms with E-state index in [1.807, 2.05) is 0 Å². The molecular formula is C20H18F3N5O2. The standard InChI is InChI=1S/C20H18F3N5O2/c1-2-28(8-12-4-3-11(6-25-12)20(21,22)23)19(29)16-5-13-14-9-30-10-15(14)18(24)27-17(13)7-26-16/h3-7H,2,8-10H2,1H3,(H2,24,27). The number of aromatic nitrogens is 3. The summed E-state index contributed by atoms with van der Waals surface area (Å²) in [4.78, 5) is 26.8. The zero-order valence-corrected chi connectivity index (χ0v) is 16.0. The highest BCUT2D eigenvalue weighted by atomic mass is 19.4. The summed E-state index contributed by atoms with van der Waals surface area (Å²) in [5, 5.41) is 0.749. The summed E-state index contributed by atoms with van der Waals surface area (Å²) in [6.07, 6.45) is -2.20. The lowest BCUT2D eigenvalue weighted by Crippen LogP contribution is -2.31. The van der Waals surface area contributed by atoms with E-state index in [-0.39, 0.29) is 18.1 Å². The number of rotatable bonds is 4. The van der Waals surface area contributed by atoms with Crippen molar-refractivity contribution in [2.24, 2.45) is 0 Å². The molecule has 7 nitrogen and oxygen atoms in total. The van der Waals surface area contributed by atoms with Crippen molar-refractivity contribution in [2.75, 3.05) is 12.3 Å². The van der Waals surface area contributed by atoms with Gasteiger partial charge in [-0.1, -0.05) is 0 Å². The number of carbonyl (C=O) groups excluding carboxylic acids is 1. The first-order chi connectivity index (χ1) is 14.3. The number of alkyl halides is 3. The van der Waals surface area contributed by atoms with Gasteiger partial charge in [0.1, 0.15) is 11.5 Å². The molecule has 30 heavy (non-hydrogen) atoms. The van der Waals surface area contributed by atoms with Gasteiger partial charge in [0, 0.05) is 23.7 Å². The van der Waals surface area contributed by atoms with Crippen LogP contribution in [0.5, 0.6) is 0 Å². The normalized spacial score (nSPS) is 13.5. The monoisotopic (exact) mass is 417 g/mol. The number of amides is 1. The van der Waals surface area contributed by atoms with Gasteiger partial charge >= 0.3 is 6.18 Å². The Morgan fingerprint density at radius 2 is 1.97 bits per heavy atom. The van der Waals surface area contributed by atoms with Gasteiger partial charge in [0.15, 0.2) is 0 Å². The van der Waals surface area contributed by atoms with Crippen molar-refractivity contribution in [2.45, 2.75) is 32.9 Å². The van der Waals surface area contributed by atoms with Crippen molar-refractivity contribution in [3.63, 3.8) is 0 Å². The Kier molecular flexibility index (Phi) is 5.02. The number of fused-ring (bicyclic) bond motifs is 3. The Labute approximate surface area is 169 Å². The van der Waals surface area contributed by atoms with E-state index in [0.717, 1.165) is 28.8 Å². The minimum atomic E-state index is -4.46. The Morgan fingerprint density at radius 1 is 1.20 bits per heavy atom. The molecule has 3 aromatic rings. The maximum Gasteiger partial charge on any atom is 0.417 e. The molecule has 0 saturated carbocycles. The molecule has 0 radical (unpaired) electrons. The van der Waals surface area contributed by atoms with Gasteiger partial charge in [0.2, 0.25) is 0 Å². The minimum absolute atomic E-state index is 0.0639. The van der Waals surface area contributed by atoms with Crippen LogP contribution in [0.2, 0.25) is 0 Å². The zero-order valence-electron chi connectivity index (χ0n) is 16.0. The summed E-state index contributed by atoms with van der Waals surface area (Å²) in [6.45, 7) is 2.92. The van der Waals surface area contributed by atoms with E-state index < -0.39 is 11.7 Å². The SMILES string of the molecule is CCN(Cc1ccc(C(F)(F)F)cn1)C(=O)c1cc2c3c(c(N)nc2cn1)COC3. The minimum Gasteiger partial charge on any atom is -0.383 e. The van der Waals surface area contributed by atoms with Crippen molar-refractivity contribution in [3.05, 3.63) is 58.7 Å². The molecule has 0 aromatic carbocycles. The second-order valence-corrected chi connectivity index (χ2v) is 6.89. The first-order valence-electron chi connectivity index (χ1n) is 9.24. The summed E-state index contributed by atoms with van der Waals surface area (Å²) < 4.78 is 43.6. The number of anilines is 1. The lowest BCUT2D eigenvalue weighted by Gasteiger charge is -2.20. The fourth-order valence-electron chi connectivity index (χ4n) is 3.36. The van der Waals surface area contributed by atoms with Gasteiger partial charge in [-0.15, -0.1) is 0 Å². The predicted molar refractivity (Wildman–Crippen MR) is 102 cm³/mol. The second-order valence-electron chi connectivity index (χ2n) is 6.89. The van der Waals surface area contributed by atoms with E-state index in [1.165, 1.54) is 17.2 Å². The van der Waals surface area contributed by atoms with E-state index in [9.17, 15) is 18.0 Å². The number of ether oxygens (including phenoxy) is 1. The lowest BCUT2D eigenvalue weighted by atomic mass is 10.1. The van der Waals surface area contributed by atoms with Gasteiger partial charge < -0.3 is 15.4 Å². The van der Waals surface area contributed by atoms with Gasteiger partial charge in [0.25, 0.3) is 5.91 Å². The van der Waals surface area contributed by atoms with Crippen molar-refractivity contribution >= 4 is 22.6 Å². The average molecular weight is 417 g/mol. The molecule has 4 heterocycles. The van der Waals surface area contributed by atoms with Crippen molar-refractivity contribution in [1.29, 1.82) is 0 Å². The summed E-state index contributed by atoms with van der Waals surface area (Å²) in [6, 6.07) is 3.87. The topological polar surface area (TPSA) is 94.2 Å². The molecule has 2 N–H and O–H groups in total. The molecule has 0 bridgehead atoms. The molecule has 0 saturated heterocycles. The molecule has 0 fully saturated rings. The van der Waals surface area contributed by atoms with Crippen molar-refractivity contribution in [1.82, 2.24) is 19.9 Å². The third-order valence-corrected chi connectivity index (χ3v) is 5.01. The summed E-state index contributed by atoms with van der Waals surface area (Å²) in [5.41, 5.74) is 7.95. The maximum atomic E-state index is 13.0. The number of halogens is 3. The van der Waals surface area contributed by atoms with Crippen LogP contribution in [0.25, 0.3) is 10.9 Å². The molecule has 1 aliphatic rings. The quantitative estimate of drug-likeness (QED) is 0.700. The van der Waals surface area contributed by atoms with E-state index in [0.29, 0.717) is 36.8 Å². The van der Waals surface area contributed by atoms with Gasteiger partial charge in [-0.2, -0.15) is 13.2 Å². The van der Waals surface area contributed by atoms with Gasteiger partial charge in [-0.25, -0.2) is 9.97 Å². The molecule has 1 aliphatic heterocycles. The number of hydrogen-bond acceptors (Lipinski definition) is 6. The highest BCUT2D eigenvalue weighted by Gasteiger charge is 2.30. The first-order valence-corrected chi connectivity index (χ1v) is 9.24. The highest BCUT2D eigenvalue weighted by molar-refractivity contribution is 5.97. The highest BCUT2D eigenvalue weighted by Crippen LogP contribution is 2.31. The van der Waals surface area contributed by atoms with Crippen LogP contribution >= 0.6 is 0 Å². The van der Waals surface area contributed by atoms with Crippen LogP contribution in [0.1, 0.15) is 39.8 Å². The van der Waals surface area contributed by atoms with E-state index >= 15 is 0 Å². The summed E-state index contributed by atoms with van der Waals surface area (Å²) in [5.74, 6) is 0.0324. The predicted octanol–water partition coefficient (Wildman–Crippen LogP) is 3.32. The van der Waals surface area contributed by atoms with Crippen LogP contribution in [0.3, 0.4) is 0 Å². The second kappa shape index (κ2) is 7.52. The van der Waals surface area contributed by atoms with Crippen molar-refractivity contribution in [3.8, 4) is 0 Å². The molecule has 1 amide bonds. The Balaban J connectivity index is 1.61. The third-order valence-electron chi connectivity index (χ3n) is 5.01. The zero-order chi connectivity index (χ0) is 21.5. The van der Waals surface area contributed by atoms with Gasteiger partial charge in [0.05, 0.1) is 42.7 Å². The molecule has 0 unspecified atom stereocenters. The van der Waals surface area contributed by atoms with Crippen molar-refractivity contribution < 1.29 is 22.7 Å². The van der Waals surface area contributed by atoms with Crippen LogP contribution in [0.15, 0.2) is 30.6 Å².